The zero-order valence-corrected chi connectivity index (χ0v) is 19.1. The molecule has 0 saturated heterocycles. The highest BCUT2D eigenvalue weighted by Crippen LogP contribution is 2.35. The van der Waals surface area contributed by atoms with Crippen LogP contribution in [0.15, 0.2) is 65.1 Å². The van der Waals surface area contributed by atoms with Gasteiger partial charge in [-0.25, -0.2) is 0 Å². The first-order valence-corrected chi connectivity index (χ1v) is 10.6. The number of benzene rings is 3. The van der Waals surface area contributed by atoms with E-state index in [2.05, 4.69) is 15.9 Å². The molecule has 0 atom stereocenters. The van der Waals surface area contributed by atoms with Crippen LogP contribution < -0.4 is 4.90 Å². The molecule has 0 saturated carbocycles. The lowest BCUT2D eigenvalue weighted by Crippen LogP contribution is -2.23. The average Bonchev–Trinajstić information content (AvgIpc) is 2.69. The van der Waals surface area contributed by atoms with Gasteiger partial charge in [0.1, 0.15) is 0 Å². The van der Waals surface area contributed by atoms with Crippen molar-refractivity contribution in [2.24, 2.45) is 0 Å². The zero-order chi connectivity index (χ0) is 23.7. The average molecular weight is 557 g/mol. The molecule has 0 bridgehead atoms. The van der Waals surface area contributed by atoms with E-state index < -0.39 is 23.5 Å². The standard InChI is InChI=1S/C22H14BrCl2F6N/c23-17-5-7-18(8-6-17)32(11-13-1-3-15(9-19(13)24)21(26,27)28)12-14-2-4-16(10-20(14)25)22(29,30)31/h1-10H,11-12H2. The highest BCUT2D eigenvalue weighted by atomic mass is 79.9. The summed E-state index contributed by atoms with van der Waals surface area (Å²) in [5, 5.41) is -0.138. The van der Waals surface area contributed by atoms with Crippen LogP contribution in [-0.2, 0) is 25.4 Å². The minimum absolute atomic E-state index is 0.0690. The minimum atomic E-state index is -4.53. The quantitative estimate of drug-likeness (QED) is 0.283. The molecule has 10 heteroatoms. The van der Waals surface area contributed by atoms with Crippen molar-refractivity contribution >= 4 is 44.8 Å². The van der Waals surface area contributed by atoms with Gasteiger partial charge >= 0.3 is 12.4 Å². The van der Waals surface area contributed by atoms with Crippen LogP contribution in [0.1, 0.15) is 22.3 Å². The van der Waals surface area contributed by atoms with Crippen molar-refractivity contribution in [3.63, 3.8) is 0 Å². The summed E-state index contributed by atoms with van der Waals surface area (Å²) in [6.07, 6.45) is -9.05. The van der Waals surface area contributed by atoms with Crippen molar-refractivity contribution in [3.8, 4) is 0 Å². The summed E-state index contributed by atoms with van der Waals surface area (Å²) < 4.78 is 78.5. The monoisotopic (exact) mass is 555 g/mol. The maximum Gasteiger partial charge on any atom is 0.416 e. The number of halogens is 9. The number of nitrogens with zero attached hydrogens (tertiary/aromatic N) is 1. The molecule has 0 radical (unpaired) electrons. The van der Waals surface area contributed by atoms with Crippen LogP contribution in [0.25, 0.3) is 0 Å². The van der Waals surface area contributed by atoms with Gasteiger partial charge in [0.2, 0.25) is 0 Å². The van der Waals surface area contributed by atoms with E-state index >= 15 is 0 Å². The van der Waals surface area contributed by atoms with E-state index in [1.54, 1.807) is 29.2 Å². The fraction of sp³-hybridized carbons (Fsp3) is 0.182. The number of alkyl halides is 6. The molecular formula is C22H14BrCl2F6N. The van der Waals surface area contributed by atoms with Gasteiger partial charge < -0.3 is 4.90 Å². The molecule has 3 aromatic rings. The first-order valence-electron chi connectivity index (χ1n) is 9.06. The van der Waals surface area contributed by atoms with Gasteiger partial charge in [0.05, 0.1) is 11.1 Å². The highest BCUT2D eigenvalue weighted by Gasteiger charge is 2.32. The summed E-state index contributed by atoms with van der Waals surface area (Å²) in [6.45, 7) is 0.214. The van der Waals surface area contributed by atoms with Gasteiger partial charge in [0.15, 0.2) is 0 Å². The summed E-state index contributed by atoms with van der Waals surface area (Å²) >= 11 is 15.6. The third-order valence-electron chi connectivity index (χ3n) is 4.67. The summed E-state index contributed by atoms with van der Waals surface area (Å²) in [5.74, 6) is 0. The Labute approximate surface area is 198 Å². The summed E-state index contributed by atoms with van der Waals surface area (Å²) in [4.78, 5) is 1.76. The minimum Gasteiger partial charge on any atom is -0.363 e. The summed E-state index contributed by atoms with van der Waals surface area (Å²) in [6, 6.07) is 13.2. The van der Waals surface area contributed by atoms with Crippen LogP contribution in [0.5, 0.6) is 0 Å². The molecule has 3 rings (SSSR count). The first-order chi connectivity index (χ1) is 14.8. The van der Waals surface area contributed by atoms with Gasteiger partial charge in [-0.2, -0.15) is 26.3 Å². The van der Waals surface area contributed by atoms with Gasteiger partial charge in [-0.1, -0.05) is 51.3 Å². The van der Waals surface area contributed by atoms with E-state index in [1.165, 1.54) is 12.1 Å². The smallest absolute Gasteiger partial charge is 0.363 e. The second-order valence-electron chi connectivity index (χ2n) is 6.94. The van der Waals surface area contributed by atoms with E-state index in [0.717, 1.165) is 28.7 Å². The van der Waals surface area contributed by atoms with E-state index in [-0.39, 0.29) is 23.1 Å². The first kappa shape index (κ1) is 24.7. The highest BCUT2D eigenvalue weighted by molar-refractivity contribution is 9.10. The van der Waals surface area contributed by atoms with Gasteiger partial charge in [-0.15, -0.1) is 0 Å². The largest absolute Gasteiger partial charge is 0.416 e. The predicted molar refractivity (Wildman–Crippen MR) is 117 cm³/mol. The lowest BCUT2D eigenvalue weighted by atomic mass is 10.1. The van der Waals surface area contributed by atoms with Crippen LogP contribution >= 0.6 is 39.1 Å². The molecule has 32 heavy (non-hydrogen) atoms. The molecule has 0 unspecified atom stereocenters. The molecule has 0 aliphatic heterocycles. The Morgan fingerprint density at radius 1 is 0.656 bits per heavy atom. The van der Waals surface area contributed by atoms with Crippen molar-refractivity contribution in [1.82, 2.24) is 0 Å². The van der Waals surface area contributed by atoms with Crippen molar-refractivity contribution in [2.75, 3.05) is 4.90 Å². The normalized spacial score (nSPS) is 12.2. The maximum atomic E-state index is 12.9. The molecule has 0 amide bonds. The molecule has 170 valence electrons. The van der Waals surface area contributed by atoms with Crippen LogP contribution in [0, 0.1) is 0 Å². The molecule has 0 fully saturated rings. The van der Waals surface area contributed by atoms with Gasteiger partial charge in [-0.05, 0) is 59.7 Å². The van der Waals surface area contributed by atoms with Crippen LogP contribution in [0.4, 0.5) is 32.0 Å². The SMILES string of the molecule is FC(F)(F)c1ccc(CN(Cc2ccc(C(F)(F)F)cc2Cl)c2ccc(Br)cc2)c(Cl)c1. The second kappa shape index (κ2) is 9.53. The molecule has 0 N–H and O–H groups in total. The van der Waals surface area contributed by atoms with Crippen LogP contribution in [0.2, 0.25) is 10.0 Å². The second-order valence-corrected chi connectivity index (χ2v) is 8.67. The Kier molecular flexibility index (Phi) is 7.37. The molecule has 0 aliphatic carbocycles. The van der Waals surface area contributed by atoms with Crippen LogP contribution in [0.3, 0.4) is 0 Å². The topological polar surface area (TPSA) is 3.24 Å². The number of anilines is 1. The number of hydrogen-bond donors (Lipinski definition) is 0. The molecule has 0 spiro atoms. The lowest BCUT2D eigenvalue weighted by molar-refractivity contribution is -0.138. The van der Waals surface area contributed by atoms with Gasteiger partial charge in [0.25, 0.3) is 0 Å². The fourth-order valence-corrected chi connectivity index (χ4v) is 3.75. The van der Waals surface area contributed by atoms with E-state index in [1.807, 2.05) is 0 Å². The number of rotatable bonds is 5. The predicted octanol–water partition coefficient (Wildman–Crippen LogP) is 9.00. The zero-order valence-electron chi connectivity index (χ0n) is 16.0. The third kappa shape index (κ3) is 6.11. The Hall–Kier alpha value is -1.90. The van der Waals surface area contributed by atoms with E-state index in [9.17, 15) is 26.3 Å². The Bertz CT molecular complexity index is 1030. The molecule has 1 nitrogen and oxygen atoms in total. The molecule has 0 heterocycles. The Morgan fingerprint density at radius 3 is 1.41 bits per heavy atom. The van der Waals surface area contributed by atoms with E-state index in [4.69, 9.17) is 23.2 Å². The van der Waals surface area contributed by atoms with Crippen molar-refractivity contribution in [2.45, 2.75) is 25.4 Å². The van der Waals surface area contributed by atoms with Crippen molar-refractivity contribution in [3.05, 3.63) is 97.4 Å². The van der Waals surface area contributed by atoms with Gasteiger partial charge in [0, 0.05) is 33.3 Å². The molecular weight excluding hydrogens is 543 g/mol. The Morgan fingerprint density at radius 2 is 1.06 bits per heavy atom. The van der Waals surface area contributed by atoms with Crippen LogP contribution in [-0.4, -0.2) is 0 Å². The van der Waals surface area contributed by atoms with E-state index in [0.29, 0.717) is 16.8 Å². The fourth-order valence-electron chi connectivity index (χ4n) is 3.01. The summed E-state index contributed by atoms with van der Waals surface area (Å²) in [5.41, 5.74) is -0.212. The lowest BCUT2D eigenvalue weighted by Gasteiger charge is -2.27. The summed E-state index contributed by atoms with van der Waals surface area (Å²) in [7, 11) is 0. The maximum absolute atomic E-state index is 12.9. The third-order valence-corrected chi connectivity index (χ3v) is 5.91. The van der Waals surface area contributed by atoms with Gasteiger partial charge in [-0.3, -0.25) is 0 Å². The van der Waals surface area contributed by atoms with Crippen molar-refractivity contribution < 1.29 is 26.3 Å². The molecule has 0 aliphatic rings. The molecule has 3 aromatic carbocycles. The number of hydrogen-bond acceptors (Lipinski definition) is 1. The Balaban J connectivity index is 1.95. The van der Waals surface area contributed by atoms with Crippen molar-refractivity contribution in [1.29, 1.82) is 0 Å². The molecule has 0 aromatic heterocycles.